The summed E-state index contributed by atoms with van der Waals surface area (Å²) in [4.78, 5) is 11.9. The molecule has 1 heterocycles. The number of sulfonamides is 1. The Balaban J connectivity index is 1.62. The van der Waals surface area contributed by atoms with Crippen molar-refractivity contribution in [3.05, 3.63) is 54.1 Å². The second-order valence-electron chi connectivity index (χ2n) is 6.50. The van der Waals surface area contributed by atoms with E-state index in [0.29, 0.717) is 32.7 Å². The number of hydrogen-bond acceptors (Lipinski definition) is 5. The zero-order valence-electron chi connectivity index (χ0n) is 15.5. The molecule has 1 aliphatic heterocycles. The molecule has 1 aliphatic rings. The average Bonchev–Trinajstić information content (AvgIpc) is 3.24. The predicted molar refractivity (Wildman–Crippen MR) is 105 cm³/mol. The molecule has 8 heteroatoms. The van der Waals surface area contributed by atoms with E-state index < -0.39 is 15.9 Å². The van der Waals surface area contributed by atoms with Crippen molar-refractivity contribution in [2.24, 2.45) is 5.73 Å². The number of primary amides is 1. The number of ether oxygens (including phenoxy) is 2. The first-order valence-electron chi connectivity index (χ1n) is 9.23. The predicted octanol–water partition coefficient (Wildman–Crippen LogP) is 2.42. The van der Waals surface area contributed by atoms with Crippen LogP contribution in [0.2, 0.25) is 0 Å². The maximum Gasteiger partial charge on any atom is 0.252 e. The fourth-order valence-corrected chi connectivity index (χ4v) is 4.56. The summed E-state index contributed by atoms with van der Waals surface area (Å²) in [5.41, 5.74) is 5.49. The minimum atomic E-state index is -3.62. The molecule has 7 nitrogen and oxygen atoms in total. The maximum atomic E-state index is 12.7. The molecular formula is C20H24N2O5S. The third-order valence-corrected chi connectivity index (χ3v) is 6.37. The standard InChI is InChI=1S/C20H24N2O5S/c21-20(23)18-15-17(28(24,25)22-11-4-5-12-22)9-10-19(18)27-14-6-13-26-16-7-2-1-3-8-16/h1-3,7-10,15H,4-6,11-14H2,(H2,21,23). The largest absolute Gasteiger partial charge is 0.493 e. The molecule has 0 spiro atoms. The summed E-state index contributed by atoms with van der Waals surface area (Å²) in [6.07, 6.45) is 2.28. The smallest absolute Gasteiger partial charge is 0.252 e. The fourth-order valence-electron chi connectivity index (χ4n) is 3.01. The molecule has 0 bridgehead atoms. The molecular weight excluding hydrogens is 380 g/mol. The molecule has 1 saturated heterocycles. The van der Waals surface area contributed by atoms with Gasteiger partial charge in [-0.25, -0.2) is 8.42 Å². The molecule has 0 unspecified atom stereocenters. The van der Waals surface area contributed by atoms with E-state index in [9.17, 15) is 13.2 Å². The summed E-state index contributed by atoms with van der Waals surface area (Å²) in [5, 5.41) is 0. The van der Waals surface area contributed by atoms with Crippen LogP contribution in [0, 0.1) is 0 Å². The molecule has 1 fully saturated rings. The SMILES string of the molecule is NC(=O)c1cc(S(=O)(=O)N2CCCC2)ccc1OCCCOc1ccccc1. The normalized spacial score (nSPS) is 14.7. The van der Waals surface area contributed by atoms with Crippen LogP contribution >= 0.6 is 0 Å². The van der Waals surface area contributed by atoms with Crippen LogP contribution in [0.3, 0.4) is 0 Å². The maximum absolute atomic E-state index is 12.7. The van der Waals surface area contributed by atoms with Gasteiger partial charge in [0.15, 0.2) is 0 Å². The minimum Gasteiger partial charge on any atom is -0.493 e. The van der Waals surface area contributed by atoms with Crippen molar-refractivity contribution >= 4 is 15.9 Å². The van der Waals surface area contributed by atoms with Gasteiger partial charge in [-0.15, -0.1) is 0 Å². The molecule has 0 radical (unpaired) electrons. The van der Waals surface area contributed by atoms with Gasteiger partial charge in [0.05, 0.1) is 23.7 Å². The van der Waals surface area contributed by atoms with Crippen LogP contribution in [0.1, 0.15) is 29.6 Å². The summed E-state index contributed by atoms with van der Waals surface area (Å²) in [6, 6.07) is 13.7. The van der Waals surface area contributed by atoms with Gasteiger partial charge in [0.25, 0.3) is 5.91 Å². The van der Waals surface area contributed by atoms with Crippen LogP contribution in [0.4, 0.5) is 0 Å². The van der Waals surface area contributed by atoms with Crippen LogP contribution in [0.15, 0.2) is 53.4 Å². The number of rotatable bonds is 9. The molecule has 28 heavy (non-hydrogen) atoms. The second-order valence-corrected chi connectivity index (χ2v) is 8.43. The Bertz CT molecular complexity index is 909. The van der Waals surface area contributed by atoms with Crippen molar-refractivity contribution in [2.45, 2.75) is 24.2 Å². The quantitative estimate of drug-likeness (QED) is 0.647. The molecule has 3 rings (SSSR count). The number of para-hydroxylation sites is 1. The lowest BCUT2D eigenvalue weighted by atomic mass is 10.2. The Morgan fingerprint density at radius 3 is 2.36 bits per heavy atom. The van der Waals surface area contributed by atoms with Crippen molar-refractivity contribution in [1.29, 1.82) is 0 Å². The molecule has 0 aliphatic carbocycles. The number of hydrogen-bond donors (Lipinski definition) is 1. The minimum absolute atomic E-state index is 0.0583. The summed E-state index contributed by atoms with van der Waals surface area (Å²) in [6.45, 7) is 1.75. The van der Waals surface area contributed by atoms with Crippen LogP contribution in [0.25, 0.3) is 0 Å². The van der Waals surface area contributed by atoms with E-state index in [1.165, 1.54) is 22.5 Å². The summed E-state index contributed by atoms with van der Waals surface area (Å²) >= 11 is 0. The Kier molecular flexibility index (Phi) is 6.53. The highest BCUT2D eigenvalue weighted by Gasteiger charge is 2.28. The van der Waals surface area contributed by atoms with Gasteiger partial charge < -0.3 is 15.2 Å². The first-order chi connectivity index (χ1) is 13.5. The first-order valence-corrected chi connectivity index (χ1v) is 10.7. The van der Waals surface area contributed by atoms with E-state index >= 15 is 0 Å². The monoisotopic (exact) mass is 404 g/mol. The summed E-state index contributed by atoms with van der Waals surface area (Å²) in [7, 11) is -3.62. The van der Waals surface area contributed by atoms with E-state index in [2.05, 4.69) is 0 Å². The summed E-state index contributed by atoms with van der Waals surface area (Å²) in [5.74, 6) is 0.318. The van der Waals surface area contributed by atoms with Gasteiger partial charge in [0.2, 0.25) is 10.0 Å². The Morgan fingerprint density at radius 1 is 1.00 bits per heavy atom. The van der Waals surface area contributed by atoms with Gasteiger partial charge in [0.1, 0.15) is 11.5 Å². The number of nitrogens with two attached hydrogens (primary N) is 1. The molecule has 2 aromatic rings. The van der Waals surface area contributed by atoms with Crippen molar-refractivity contribution < 1.29 is 22.7 Å². The van der Waals surface area contributed by atoms with E-state index in [1.54, 1.807) is 0 Å². The molecule has 2 N–H and O–H groups in total. The van der Waals surface area contributed by atoms with Crippen molar-refractivity contribution in [2.75, 3.05) is 26.3 Å². The Labute approximate surface area is 165 Å². The van der Waals surface area contributed by atoms with Gasteiger partial charge in [-0.1, -0.05) is 18.2 Å². The number of carbonyl (C=O) groups excluding carboxylic acids is 1. The molecule has 2 aromatic carbocycles. The molecule has 1 amide bonds. The number of carbonyl (C=O) groups is 1. The number of benzene rings is 2. The van der Waals surface area contributed by atoms with Crippen LogP contribution < -0.4 is 15.2 Å². The van der Waals surface area contributed by atoms with Gasteiger partial charge in [0, 0.05) is 19.5 Å². The Morgan fingerprint density at radius 2 is 1.68 bits per heavy atom. The highest BCUT2D eigenvalue weighted by Crippen LogP contribution is 2.26. The zero-order valence-corrected chi connectivity index (χ0v) is 16.4. The van der Waals surface area contributed by atoms with E-state index in [0.717, 1.165) is 18.6 Å². The van der Waals surface area contributed by atoms with Crippen molar-refractivity contribution in [3.8, 4) is 11.5 Å². The topological polar surface area (TPSA) is 98.9 Å². The van der Waals surface area contributed by atoms with Gasteiger partial charge in [-0.2, -0.15) is 4.31 Å². The van der Waals surface area contributed by atoms with E-state index in [1.807, 2.05) is 30.3 Å². The fraction of sp³-hybridized carbons (Fsp3) is 0.350. The lowest BCUT2D eigenvalue weighted by Gasteiger charge is -2.17. The third kappa shape index (κ3) is 4.82. The van der Waals surface area contributed by atoms with E-state index in [-0.39, 0.29) is 16.2 Å². The molecule has 0 atom stereocenters. The van der Waals surface area contributed by atoms with Crippen LogP contribution in [0.5, 0.6) is 11.5 Å². The number of nitrogens with zero attached hydrogens (tertiary/aromatic N) is 1. The zero-order chi connectivity index (χ0) is 20.0. The van der Waals surface area contributed by atoms with Gasteiger partial charge in [-0.3, -0.25) is 4.79 Å². The van der Waals surface area contributed by atoms with E-state index in [4.69, 9.17) is 15.2 Å². The molecule has 0 aromatic heterocycles. The van der Waals surface area contributed by atoms with Crippen molar-refractivity contribution in [3.63, 3.8) is 0 Å². The first kappa shape index (κ1) is 20.2. The lowest BCUT2D eigenvalue weighted by molar-refractivity contribution is 0.0996. The highest BCUT2D eigenvalue weighted by molar-refractivity contribution is 7.89. The highest BCUT2D eigenvalue weighted by atomic mass is 32.2. The summed E-state index contributed by atoms with van der Waals surface area (Å²) < 4.78 is 38.0. The molecule has 0 saturated carbocycles. The Hall–Kier alpha value is -2.58. The van der Waals surface area contributed by atoms with Gasteiger partial charge in [-0.05, 0) is 43.2 Å². The lowest BCUT2D eigenvalue weighted by Crippen LogP contribution is -2.28. The number of amides is 1. The third-order valence-electron chi connectivity index (χ3n) is 4.48. The second kappa shape index (κ2) is 9.07. The average molecular weight is 404 g/mol. The van der Waals surface area contributed by atoms with Gasteiger partial charge >= 0.3 is 0 Å². The molecule has 150 valence electrons. The van der Waals surface area contributed by atoms with Crippen molar-refractivity contribution in [1.82, 2.24) is 4.31 Å². The van der Waals surface area contributed by atoms with Crippen LogP contribution in [-0.4, -0.2) is 44.9 Å². The van der Waals surface area contributed by atoms with Crippen LogP contribution in [-0.2, 0) is 10.0 Å².